The Bertz CT molecular complexity index is 619. The van der Waals surface area contributed by atoms with Gasteiger partial charge in [-0.25, -0.2) is 4.98 Å². The maximum Gasteiger partial charge on any atom is 0.228 e. The number of nitrogens with zero attached hydrogens (tertiary/aromatic N) is 2. The molecule has 20 heavy (non-hydrogen) atoms. The number of furan rings is 1. The predicted octanol–water partition coefficient (Wildman–Crippen LogP) is 1.81. The molecule has 0 spiro atoms. The van der Waals surface area contributed by atoms with E-state index in [0.29, 0.717) is 13.0 Å². The van der Waals surface area contributed by atoms with Crippen LogP contribution >= 0.6 is 11.3 Å². The first-order valence-corrected chi connectivity index (χ1v) is 7.54. The van der Waals surface area contributed by atoms with Gasteiger partial charge in [0.15, 0.2) is 10.8 Å². The number of aryl methyl sites for hydroxylation is 1. The fourth-order valence-corrected chi connectivity index (χ4v) is 3.11. The van der Waals surface area contributed by atoms with Crippen molar-refractivity contribution in [3.05, 3.63) is 29.0 Å². The highest BCUT2D eigenvalue weighted by Gasteiger charge is 2.24. The van der Waals surface area contributed by atoms with Gasteiger partial charge < -0.3 is 15.1 Å². The minimum atomic E-state index is 0.102. The van der Waals surface area contributed by atoms with Crippen molar-refractivity contribution in [2.75, 3.05) is 13.1 Å². The number of hydrogen-bond donors (Lipinski definition) is 1. The molecule has 1 fully saturated rings. The summed E-state index contributed by atoms with van der Waals surface area (Å²) < 4.78 is 5.54. The lowest BCUT2D eigenvalue weighted by Crippen LogP contribution is -2.32. The summed E-state index contributed by atoms with van der Waals surface area (Å²) in [6.45, 7) is 3.32. The normalized spacial score (nSPS) is 18.7. The van der Waals surface area contributed by atoms with Gasteiger partial charge in [0.2, 0.25) is 5.91 Å². The van der Waals surface area contributed by atoms with Crippen LogP contribution < -0.4 is 5.73 Å². The Labute approximate surface area is 121 Å². The molecule has 6 heteroatoms. The summed E-state index contributed by atoms with van der Waals surface area (Å²) in [5.74, 6) is 1.72. The molecule has 1 aliphatic heterocycles. The lowest BCUT2D eigenvalue weighted by Gasteiger charge is -2.14. The van der Waals surface area contributed by atoms with Gasteiger partial charge in [-0.1, -0.05) is 0 Å². The Morgan fingerprint density at radius 3 is 3.10 bits per heavy atom. The maximum atomic E-state index is 12.1. The first kappa shape index (κ1) is 13.3. The molecule has 0 aromatic carbocycles. The molecule has 106 valence electrons. The molecule has 0 aliphatic carbocycles. The second-order valence-electron chi connectivity index (χ2n) is 5.12. The second-order valence-corrected chi connectivity index (χ2v) is 5.98. The third kappa shape index (κ3) is 2.76. The van der Waals surface area contributed by atoms with Crippen LogP contribution in [0, 0.1) is 6.92 Å². The van der Waals surface area contributed by atoms with Crippen LogP contribution in [0.5, 0.6) is 0 Å². The zero-order chi connectivity index (χ0) is 14.1. The molecule has 1 amide bonds. The number of carbonyl (C=O) groups is 1. The number of carbonyl (C=O) groups excluding carboxylic acids is 1. The van der Waals surface area contributed by atoms with Gasteiger partial charge >= 0.3 is 0 Å². The van der Waals surface area contributed by atoms with E-state index in [1.54, 1.807) is 0 Å². The van der Waals surface area contributed by atoms with Crippen molar-refractivity contribution in [1.29, 1.82) is 0 Å². The summed E-state index contributed by atoms with van der Waals surface area (Å²) >= 11 is 1.50. The van der Waals surface area contributed by atoms with Gasteiger partial charge in [0.1, 0.15) is 5.76 Å². The van der Waals surface area contributed by atoms with E-state index in [9.17, 15) is 4.79 Å². The Balaban J connectivity index is 1.67. The molecule has 3 rings (SSSR count). The van der Waals surface area contributed by atoms with Crippen LogP contribution in [-0.4, -0.2) is 34.9 Å². The molecule has 3 heterocycles. The van der Waals surface area contributed by atoms with Crippen molar-refractivity contribution in [2.45, 2.75) is 25.8 Å². The number of amides is 1. The standard InChI is InChI=1S/C14H17N3O2S/c1-9-2-3-12(19-9)14-16-11(8-20-14)6-13(18)17-5-4-10(15)7-17/h2-3,8,10H,4-7,15H2,1H3/t10-/m1/s1. The van der Waals surface area contributed by atoms with Crippen molar-refractivity contribution in [1.82, 2.24) is 9.88 Å². The molecule has 2 N–H and O–H groups in total. The van der Waals surface area contributed by atoms with Crippen LogP contribution in [0.25, 0.3) is 10.8 Å². The van der Waals surface area contributed by atoms with Crippen molar-refractivity contribution < 1.29 is 9.21 Å². The lowest BCUT2D eigenvalue weighted by atomic mass is 10.3. The van der Waals surface area contributed by atoms with Crippen molar-refractivity contribution in [3.63, 3.8) is 0 Å². The van der Waals surface area contributed by atoms with Crippen LogP contribution in [-0.2, 0) is 11.2 Å². The molecule has 0 radical (unpaired) electrons. The molecule has 1 aliphatic rings. The fourth-order valence-electron chi connectivity index (χ4n) is 2.33. The van der Waals surface area contributed by atoms with E-state index in [1.165, 1.54) is 11.3 Å². The fraction of sp³-hybridized carbons (Fsp3) is 0.429. The largest absolute Gasteiger partial charge is 0.459 e. The van der Waals surface area contributed by atoms with E-state index in [2.05, 4.69) is 4.98 Å². The zero-order valence-electron chi connectivity index (χ0n) is 11.3. The van der Waals surface area contributed by atoms with Gasteiger partial charge in [-0.15, -0.1) is 11.3 Å². The van der Waals surface area contributed by atoms with Crippen LogP contribution in [0.15, 0.2) is 21.9 Å². The number of aromatic nitrogens is 1. The van der Waals surface area contributed by atoms with Crippen LogP contribution in [0.2, 0.25) is 0 Å². The third-order valence-electron chi connectivity index (χ3n) is 3.41. The molecule has 1 atom stereocenters. The quantitative estimate of drug-likeness (QED) is 0.936. The molecule has 2 aromatic rings. The molecular weight excluding hydrogens is 274 g/mol. The van der Waals surface area contributed by atoms with Gasteiger partial charge in [-0.05, 0) is 25.5 Å². The van der Waals surface area contributed by atoms with Crippen LogP contribution in [0.3, 0.4) is 0 Å². The van der Waals surface area contributed by atoms with Gasteiger partial charge in [-0.2, -0.15) is 0 Å². The van der Waals surface area contributed by atoms with E-state index in [-0.39, 0.29) is 11.9 Å². The monoisotopic (exact) mass is 291 g/mol. The summed E-state index contributed by atoms with van der Waals surface area (Å²) in [5, 5.41) is 2.74. The second kappa shape index (κ2) is 5.38. The summed E-state index contributed by atoms with van der Waals surface area (Å²) in [6, 6.07) is 3.93. The zero-order valence-corrected chi connectivity index (χ0v) is 12.2. The highest BCUT2D eigenvalue weighted by molar-refractivity contribution is 7.13. The molecule has 0 unspecified atom stereocenters. The Kier molecular flexibility index (Phi) is 3.58. The summed E-state index contributed by atoms with van der Waals surface area (Å²) in [4.78, 5) is 18.4. The molecule has 1 saturated heterocycles. The molecule has 2 aromatic heterocycles. The van der Waals surface area contributed by atoms with Gasteiger partial charge in [-0.3, -0.25) is 4.79 Å². The summed E-state index contributed by atoms with van der Waals surface area (Å²) in [5.41, 5.74) is 6.61. The van der Waals surface area contributed by atoms with E-state index in [1.807, 2.05) is 29.3 Å². The minimum absolute atomic E-state index is 0.102. The first-order valence-electron chi connectivity index (χ1n) is 6.66. The van der Waals surface area contributed by atoms with Crippen molar-refractivity contribution >= 4 is 17.2 Å². The highest BCUT2D eigenvalue weighted by atomic mass is 32.1. The molecular formula is C14H17N3O2S. The van der Waals surface area contributed by atoms with Crippen molar-refractivity contribution in [3.8, 4) is 10.8 Å². The van der Waals surface area contributed by atoms with Gasteiger partial charge in [0.05, 0.1) is 12.1 Å². The average Bonchev–Trinajstić information content (AvgIpc) is 3.10. The first-order chi connectivity index (χ1) is 9.61. The van der Waals surface area contributed by atoms with Crippen LogP contribution in [0.4, 0.5) is 0 Å². The Morgan fingerprint density at radius 2 is 2.45 bits per heavy atom. The lowest BCUT2D eigenvalue weighted by molar-refractivity contribution is -0.129. The topological polar surface area (TPSA) is 72.4 Å². The van der Waals surface area contributed by atoms with Gasteiger partial charge in [0, 0.05) is 24.5 Å². The number of thiazole rings is 1. The maximum absolute atomic E-state index is 12.1. The number of hydrogen-bond acceptors (Lipinski definition) is 5. The third-order valence-corrected chi connectivity index (χ3v) is 4.32. The van der Waals surface area contributed by atoms with E-state index in [0.717, 1.165) is 35.2 Å². The van der Waals surface area contributed by atoms with Gasteiger partial charge in [0.25, 0.3) is 0 Å². The number of nitrogens with two attached hydrogens (primary N) is 1. The van der Waals surface area contributed by atoms with E-state index >= 15 is 0 Å². The predicted molar refractivity (Wildman–Crippen MR) is 77.4 cm³/mol. The SMILES string of the molecule is Cc1ccc(-c2nc(CC(=O)N3CC[C@@H](N)C3)cs2)o1. The molecule has 0 bridgehead atoms. The van der Waals surface area contributed by atoms with E-state index < -0.39 is 0 Å². The highest BCUT2D eigenvalue weighted by Crippen LogP contribution is 2.26. The Hall–Kier alpha value is -1.66. The minimum Gasteiger partial charge on any atom is -0.459 e. The number of likely N-dealkylation sites (tertiary alicyclic amines) is 1. The summed E-state index contributed by atoms with van der Waals surface area (Å²) in [7, 11) is 0. The van der Waals surface area contributed by atoms with Crippen LogP contribution in [0.1, 0.15) is 17.9 Å². The molecule has 0 saturated carbocycles. The van der Waals surface area contributed by atoms with Crippen molar-refractivity contribution in [2.24, 2.45) is 5.73 Å². The smallest absolute Gasteiger partial charge is 0.228 e. The summed E-state index contributed by atoms with van der Waals surface area (Å²) in [6.07, 6.45) is 1.22. The average molecular weight is 291 g/mol. The number of rotatable bonds is 3. The Morgan fingerprint density at radius 1 is 1.60 bits per heavy atom. The molecule has 5 nitrogen and oxygen atoms in total. The van der Waals surface area contributed by atoms with E-state index in [4.69, 9.17) is 10.2 Å².